The Morgan fingerprint density at radius 3 is 2.41 bits per heavy atom. The van der Waals surface area contributed by atoms with Gasteiger partial charge in [-0.1, -0.05) is 13.0 Å². The van der Waals surface area contributed by atoms with E-state index in [0.29, 0.717) is 5.69 Å². The van der Waals surface area contributed by atoms with Gasteiger partial charge in [-0.05, 0) is 37.3 Å². The molecule has 1 unspecified atom stereocenters. The number of nitro benzene ring substituents is 1. The minimum absolute atomic E-state index is 0.0287. The zero-order chi connectivity index (χ0) is 21.6. The van der Waals surface area contributed by atoms with Gasteiger partial charge in [-0.2, -0.15) is 0 Å². The van der Waals surface area contributed by atoms with Crippen LogP contribution in [-0.4, -0.2) is 37.9 Å². The van der Waals surface area contributed by atoms with E-state index in [1.165, 1.54) is 49.4 Å². The molecule has 2 rings (SSSR count). The minimum Gasteiger partial charge on any atom is -0.449 e. The summed E-state index contributed by atoms with van der Waals surface area (Å²) in [6, 6.07) is 10.4. The van der Waals surface area contributed by atoms with Crippen LogP contribution in [0, 0.1) is 10.1 Å². The molecule has 0 saturated carbocycles. The maximum Gasteiger partial charge on any atom is 0.338 e. The van der Waals surface area contributed by atoms with Crippen molar-refractivity contribution in [2.75, 3.05) is 11.9 Å². The number of carbonyl (C=O) groups excluding carboxylic acids is 2. The number of rotatable bonds is 8. The van der Waals surface area contributed by atoms with Crippen molar-refractivity contribution in [2.24, 2.45) is 0 Å². The second-order valence-electron chi connectivity index (χ2n) is 5.87. The molecule has 0 radical (unpaired) electrons. The molecule has 0 spiro atoms. The summed E-state index contributed by atoms with van der Waals surface area (Å²) in [5, 5.41) is 13.1. The van der Waals surface area contributed by atoms with E-state index in [9.17, 15) is 28.1 Å². The van der Waals surface area contributed by atoms with E-state index in [2.05, 4.69) is 10.0 Å². The van der Waals surface area contributed by atoms with Crippen molar-refractivity contribution in [2.45, 2.75) is 24.8 Å². The highest BCUT2D eigenvalue weighted by Crippen LogP contribution is 2.17. The molecule has 29 heavy (non-hydrogen) atoms. The number of hydrogen-bond donors (Lipinski definition) is 2. The van der Waals surface area contributed by atoms with Crippen LogP contribution in [0.25, 0.3) is 0 Å². The number of non-ortho nitro benzene ring substituents is 1. The van der Waals surface area contributed by atoms with Gasteiger partial charge in [-0.3, -0.25) is 14.9 Å². The highest BCUT2D eigenvalue weighted by Gasteiger charge is 2.21. The first kappa shape index (κ1) is 22.0. The number of amides is 1. The van der Waals surface area contributed by atoms with E-state index in [4.69, 9.17) is 4.74 Å². The monoisotopic (exact) mass is 421 g/mol. The van der Waals surface area contributed by atoms with E-state index in [-0.39, 0.29) is 22.7 Å². The zero-order valence-corrected chi connectivity index (χ0v) is 16.4. The molecule has 2 aromatic rings. The molecule has 0 fully saturated rings. The molecule has 0 aliphatic heterocycles. The van der Waals surface area contributed by atoms with Crippen LogP contribution in [0.15, 0.2) is 53.4 Å². The summed E-state index contributed by atoms with van der Waals surface area (Å²) in [6.07, 6.45) is -1.19. The third-order valence-corrected chi connectivity index (χ3v) is 5.26. The average Bonchev–Trinajstić information content (AvgIpc) is 2.68. The predicted octanol–water partition coefficient (Wildman–Crippen LogP) is 2.08. The van der Waals surface area contributed by atoms with Gasteiger partial charge in [0, 0.05) is 24.4 Å². The topological polar surface area (TPSA) is 145 Å². The van der Waals surface area contributed by atoms with Crippen molar-refractivity contribution >= 4 is 33.3 Å². The third kappa shape index (κ3) is 5.83. The third-order valence-electron chi connectivity index (χ3n) is 3.71. The van der Waals surface area contributed by atoms with Crippen LogP contribution in [0.3, 0.4) is 0 Å². The molecule has 2 N–H and O–H groups in total. The second-order valence-corrected chi connectivity index (χ2v) is 7.64. The molecule has 0 bridgehead atoms. The van der Waals surface area contributed by atoms with Crippen LogP contribution >= 0.6 is 0 Å². The van der Waals surface area contributed by atoms with Gasteiger partial charge in [-0.15, -0.1) is 0 Å². The number of esters is 1. The summed E-state index contributed by atoms with van der Waals surface area (Å²) in [5.74, 6) is -1.52. The van der Waals surface area contributed by atoms with Crippen molar-refractivity contribution < 1.29 is 27.7 Å². The van der Waals surface area contributed by atoms with Gasteiger partial charge in [-0.25, -0.2) is 17.9 Å². The number of benzene rings is 2. The average molecular weight is 421 g/mol. The largest absolute Gasteiger partial charge is 0.449 e. The van der Waals surface area contributed by atoms with E-state index >= 15 is 0 Å². The van der Waals surface area contributed by atoms with E-state index in [1.807, 2.05) is 0 Å². The molecular formula is C18H19N3O7S. The summed E-state index contributed by atoms with van der Waals surface area (Å²) >= 11 is 0. The Morgan fingerprint density at radius 1 is 1.17 bits per heavy atom. The number of anilines is 1. The second kappa shape index (κ2) is 9.26. The van der Waals surface area contributed by atoms with Gasteiger partial charge in [0.2, 0.25) is 10.0 Å². The molecule has 154 valence electrons. The fraction of sp³-hybridized carbons (Fsp3) is 0.222. The van der Waals surface area contributed by atoms with Gasteiger partial charge < -0.3 is 10.1 Å². The number of nitro groups is 1. The van der Waals surface area contributed by atoms with Crippen LogP contribution in [-0.2, 0) is 19.6 Å². The fourth-order valence-electron chi connectivity index (χ4n) is 2.26. The Labute approximate surface area is 167 Å². The maximum atomic E-state index is 12.3. The standard InChI is InChI=1S/C18H19N3O7S/c1-3-19-29(26,27)16-6-4-5-13(11-16)18(23)28-12(2)17(22)20-14-7-9-15(10-8-14)21(24)25/h4-12,19H,3H2,1-2H3,(H,20,22). The number of nitrogens with zero attached hydrogens (tertiary/aromatic N) is 1. The Hall–Kier alpha value is -3.31. The Morgan fingerprint density at radius 2 is 1.83 bits per heavy atom. The van der Waals surface area contributed by atoms with Gasteiger partial charge in [0.05, 0.1) is 15.4 Å². The van der Waals surface area contributed by atoms with Gasteiger partial charge in [0.15, 0.2) is 6.10 Å². The summed E-state index contributed by atoms with van der Waals surface area (Å²) in [6.45, 7) is 3.16. The van der Waals surface area contributed by atoms with Crippen LogP contribution in [0.2, 0.25) is 0 Å². The summed E-state index contributed by atoms with van der Waals surface area (Å²) in [5.41, 5.74) is 0.135. The van der Waals surface area contributed by atoms with E-state index in [0.717, 1.165) is 6.07 Å². The molecule has 0 heterocycles. The van der Waals surface area contributed by atoms with Crippen LogP contribution in [0.4, 0.5) is 11.4 Å². The smallest absolute Gasteiger partial charge is 0.338 e. The molecule has 0 aliphatic rings. The highest BCUT2D eigenvalue weighted by molar-refractivity contribution is 7.89. The Kier molecular flexibility index (Phi) is 7.02. The molecule has 0 aromatic heterocycles. The zero-order valence-electron chi connectivity index (χ0n) is 15.6. The number of carbonyl (C=O) groups is 2. The van der Waals surface area contributed by atoms with Crippen LogP contribution in [0.5, 0.6) is 0 Å². The number of ether oxygens (including phenoxy) is 1. The van der Waals surface area contributed by atoms with Gasteiger partial charge in [0.1, 0.15) is 0 Å². The van der Waals surface area contributed by atoms with E-state index in [1.54, 1.807) is 6.92 Å². The van der Waals surface area contributed by atoms with Gasteiger partial charge in [0.25, 0.3) is 11.6 Å². The van der Waals surface area contributed by atoms with Crippen molar-refractivity contribution in [3.63, 3.8) is 0 Å². The molecule has 2 aromatic carbocycles. The minimum atomic E-state index is -3.75. The highest BCUT2D eigenvalue weighted by atomic mass is 32.2. The van der Waals surface area contributed by atoms with Crippen molar-refractivity contribution in [1.29, 1.82) is 0 Å². The van der Waals surface area contributed by atoms with Crippen LogP contribution in [0.1, 0.15) is 24.2 Å². The number of sulfonamides is 1. The Balaban J connectivity index is 2.04. The normalized spacial score (nSPS) is 12.1. The van der Waals surface area contributed by atoms with Crippen molar-refractivity contribution in [3.8, 4) is 0 Å². The summed E-state index contributed by atoms with van der Waals surface area (Å²) < 4.78 is 31.5. The Bertz CT molecular complexity index is 1020. The van der Waals surface area contributed by atoms with E-state index < -0.39 is 32.9 Å². The van der Waals surface area contributed by atoms with Crippen molar-refractivity contribution in [1.82, 2.24) is 4.72 Å². The lowest BCUT2D eigenvalue weighted by Crippen LogP contribution is -2.30. The molecule has 11 heteroatoms. The molecule has 0 saturated heterocycles. The molecular weight excluding hydrogens is 402 g/mol. The predicted molar refractivity (Wildman–Crippen MR) is 104 cm³/mol. The first-order chi connectivity index (χ1) is 13.6. The fourth-order valence-corrected chi connectivity index (χ4v) is 3.34. The number of nitrogens with one attached hydrogen (secondary N) is 2. The molecule has 0 aliphatic carbocycles. The summed E-state index contributed by atoms with van der Waals surface area (Å²) in [4.78, 5) is 34.4. The molecule has 1 atom stereocenters. The van der Waals surface area contributed by atoms with Gasteiger partial charge >= 0.3 is 5.97 Å². The molecule has 10 nitrogen and oxygen atoms in total. The molecule has 1 amide bonds. The SMILES string of the molecule is CCNS(=O)(=O)c1cccc(C(=O)OC(C)C(=O)Nc2ccc([N+](=O)[O-])cc2)c1. The first-order valence-electron chi connectivity index (χ1n) is 8.50. The quantitative estimate of drug-likeness (QED) is 0.377. The lowest BCUT2D eigenvalue weighted by atomic mass is 10.2. The lowest BCUT2D eigenvalue weighted by molar-refractivity contribution is -0.384. The maximum absolute atomic E-state index is 12.3. The van der Waals surface area contributed by atoms with Crippen LogP contribution < -0.4 is 10.0 Å². The van der Waals surface area contributed by atoms with Crippen molar-refractivity contribution in [3.05, 3.63) is 64.2 Å². The lowest BCUT2D eigenvalue weighted by Gasteiger charge is -2.14. The summed E-state index contributed by atoms with van der Waals surface area (Å²) in [7, 11) is -3.75. The number of hydrogen-bond acceptors (Lipinski definition) is 7. The first-order valence-corrected chi connectivity index (χ1v) is 9.98.